The minimum atomic E-state index is -5.37. The van der Waals surface area contributed by atoms with Crippen LogP contribution in [0.15, 0.2) is 72.8 Å². The normalized spacial score (nSPS) is 11.6. The number of carbonyl (C=O) groups excluding carboxylic acids is 5. The molecule has 0 aliphatic carbocycles. The molecule has 0 aliphatic rings. The van der Waals surface area contributed by atoms with Crippen molar-refractivity contribution in [3.63, 3.8) is 0 Å². The van der Waals surface area contributed by atoms with Crippen molar-refractivity contribution in [2.24, 2.45) is 0 Å². The predicted octanol–water partition coefficient (Wildman–Crippen LogP) is 5.24. The maximum absolute atomic E-state index is 12.6. The highest BCUT2D eigenvalue weighted by Gasteiger charge is 2.42. The molecule has 0 aliphatic heterocycles. The van der Waals surface area contributed by atoms with Gasteiger partial charge in [-0.1, -0.05) is 83.9 Å². The van der Waals surface area contributed by atoms with E-state index in [2.05, 4.69) is 26.0 Å². The van der Waals surface area contributed by atoms with Crippen LogP contribution in [0.2, 0.25) is 10.0 Å². The third-order valence-corrected chi connectivity index (χ3v) is 6.92. The number of nitrogens with one attached hydrogen (secondary N) is 4. The Balaban J connectivity index is 1.48. The Morgan fingerprint density at radius 3 is 2.13 bits per heavy atom. The van der Waals surface area contributed by atoms with E-state index >= 15 is 0 Å². The van der Waals surface area contributed by atoms with E-state index in [1.165, 1.54) is 0 Å². The topological polar surface area (TPSA) is 143 Å². The van der Waals surface area contributed by atoms with Crippen LogP contribution in [0, 0.1) is 0 Å². The van der Waals surface area contributed by atoms with Gasteiger partial charge in [-0.25, -0.2) is 9.59 Å². The number of hydrogen-bond donors (Lipinski definition) is 4. The van der Waals surface area contributed by atoms with E-state index in [9.17, 15) is 37.1 Å². The number of amides is 4. The Morgan fingerprint density at radius 1 is 0.804 bits per heavy atom. The molecule has 0 heterocycles. The first kappa shape index (κ1) is 35.9. The molecule has 4 amide bonds. The summed E-state index contributed by atoms with van der Waals surface area (Å²) in [7, 11) is 0. The lowest BCUT2D eigenvalue weighted by Crippen LogP contribution is -2.40. The molecule has 0 saturated heterocycles. The highest BCUT2D eigenvalue weighted by Crippen LogP contribution is 2.25. The molecule has 46 heavy (non-hydrogen) atoms. The molecule has 0 aromatic heterocycles. The van der Waals surface area contributed by atoms with Gasteiger partial charge < -0.3 is 26.0 Å². The van der Waals surface area contributed by atoms with Gasteiger partial charge in [-0.3, -0.25) is 14.4 Å². The minimum Gasteiger partial charge on any atom is -0.386 e. The van der Waals surface area contributed by atoms with Gasteiger partial charge in [0.1, 0.15) is 0 Å². The van der Waals surface area contributed by atoms with Crippen molar-refractivity contribution in [2.45, 2.75) is 38.0 Å². The van der Waals surface area contributed by atoms with Crippen LogP contribution in [0.4, 0.5) is 18.0 Å². The zero-order valence-corrected chi connectivity index (χ0v) is 25.6. The summed E-state index contributed by atoms with van der Waals surface area (Å²) < 4.78 is 41.6. The van der Waals surface area contributed by atoms with Crippen LogP contribution in [0.3, 0.4) is 0 Å². The Kier molecular flexibility index (Phi) is 13.4. The van der Waals surface area contributed by atoms with Gasteiger partial charge in [-0.15, -0.1) is 0 Å². The van der Waals surface area contributed by atoms with E-state index in [1.54, 1.807) is 42.5 Å². The largest absolute Gasteiger partial charge is 0.491 e. The first-order chi connectivity index (χ1) is 21.8. The molecular formula is C31H29Cl2F3N4O6. The van der Waals surface area contributed by atoms with E-state index in [0.717, 1.165) is 11.1 Å². The van der Waals surface area contributed by atoms with Crippen molar-refractivity contribution in [1.82, 2.24) is 21.3 Å². The van der Waals surface area contributed by atoms with E-state index in [-0.39, 0.29) is 25.9 Å². The molecule has 1 atom stereocenters. The van der Waals surface area contributed by atoms with Crippen LogP contribution in [0.5, 0.6) is 0 Å². The van der Waals surface area contributed by atoms with Crippen molar-refractivity contribution < 1.29 is 41.9 Å². The zero-order chi connectivity index (χ0) is 33.7. The first-order valence-electron chi connectivity index (χ1n) is 13.8. The average molecular weight is 681 g/mol. The number of alkyl halides is 3. The monoisotopic (exact) mass is 680 g/mol. The Morgan fingerprint density at radius 2 is 1.48 bits per heavy atom. The van der Waals surface area contributed by atoms with Crippen molar-refractivity contribution in [3.05, 3.63) is 94.0 Å². The molecule has 3 aromatic rings. The number of benzene rings is 3. The average Bonchev–Trinajstić information content (AvgIpc) is 3.01. The molecule has 0 spiro atoms. The molecule has 1 unspecified atom stereocenters. The lowest BCUT2D eigenvalue weighted by Gasteiger charge is -2.19. The molecule has 10 nitrogen and oxygen atoms in total. The number of esters is 2. The highest BCUT2D eigenvalue weighted by atomic mass is 35.5. The maximum Gasteiger partial charge on any atom is 0.491 e. The third kappa shape index (κ3) is 12.1. The van der Waals surface area contributed by atoms with Gasteiger partial charge in [0.2, 0.25) is 11.8 Å². The van der Waals surface area contributed by atoms with Gasteiger partial charge in [0.15, 0.2) is 0 Å². The SMILES string of the molecule is O=C(CCCNC(=O)NCc1ccc(Cl)cc1Cl)NCC(=O)NC(CC(=O)OC(=O)C(F)(F)F)c1ccc(-c2ccccc2)cc1. The van der Waals surface area contributed by atoms with E-state index in [0.29, 0.717) is 21.2 Å². The number of ether oxygens (including phenoxy) is 1. The summed E-state index contributed by atoms with van der Waals surface area (Å²) in [5.41, 5.74) is 2.69. The molecule has 3 rings (SSSR count). The number of rotatable bonds is 13. The summed E-state index contributed by atoms with van der Waals surface area (Å²) in [5.74, 6) is -5.44. The first-order valence-corrected chi connectivity index (χ1v) is 14.6. The van der Waals surface area contributed by atoms with Gasteiger partial charge in [0.05, 0.1) is 19.0 Å². The molecule has 3 aromatic carbocycles. The standard InChI is InChI=1S/C31H29Cl2F3N4O6/c32-23-13-12-22(24(33)15-23)17-39-30(45)37-14-4-7-26(41)38-18-27(42)40-25(16-28(43)46-29(44)31(34,35)36)21-10-8-20(9-11-21)19-5-2-1-3-6-19/h1-3,5-6,8-13,15,25H,4,7,14,16-18H2,(H,38,41)(H,40,42)(H2,37,39,45). The number of hydrogen-bond acceptors (Lipinski definition) is 6. The summed E-state index contributed by atoms with van der Waals surface area (Å²) >= 11 is 11.9. The summed E-state index contributed by atoms with van der Waals surface area (Å²) in [6, 6.07) is 19.0. The second kappa shape index (κ2) is 17.2. The number of urea groups is 1. The predicted molar refractivity (Wildman–Crippen MR) is 163 cm³/mol. The van der Waals surface area contributed by atoms with Crippen LogP contribution in [0.1, 0.15) is 36.4 Å². The van der Waals surface area contributed by atoms with Crippen molar-refractivity contribution in [1.29, 1.82) is 0 Å². The molecule has 0 fully saturated rings. The summed E-state index contributed by atoms with van der Waals surface area (Å²) in [6.07, 6.45) is -5.95. The molecule has 4 N–H and O–H groups in total. The second-order valence-electron chi connectivity index (χ2n) is 9.80. The molecule has 0 saturated carbocycles. The van der Waals surface area contributed by atoms with Crippen molar-refractivity contribution >= 4 is 53.0 Å². The Bertz CT molecular complexity index is 1540. The van der Waals surface area contributed by atoms with Crippen LogP contribution in [0.25, 0.3) is 11.1 Å². The van der Waals surface area contributed by atoms with E-state index in [1.807, 2.05) is 30.3 Å². The van der Waals surface area contributed by atoms with Gasteiger partial charge in [-0.05, 0) is 40.8 Å². The molecule has 244 valence electrons. The summed E-state index contributed by atoms with van der Waals surface area (Å²) in [4.78, 5) is 60.1. The molecule has 0 bridgehead atoms. The fourth-order valence-electron chi connectivity index (χ4n) is 4.03. The van der Waals surface area contributed by atoms with Gasteiger partial charge in [-0.2, -0.15) is 13.2 Å². The summed E-state index contributed by atoms with van der Waals surface area (Å²) in [5, 5.41) is 10.9. The molecule has 0 radical (unpaired) electrons. The molecular weight excluding hydrogens is 652 g/mol. The number of halogens is 5. The van der Waals surface area contributed by atoms with Crippen LogP contribution < -0.4 is 21.3 Å². The maximum atomic E-state index is 12.6. The van der Waals surface area contributed by atoms with Crippen LogP contribution in [-0.2, 0) is 30.5 Å². The Hall–Kier alpha value is -4.62. The smallest absolute Gasteiger partial charge is 0.386 e. The van der Waals surface area contributed by atoms with Crippen molar-refractivity contribution in [3.8, 4) is 11.1 Å². The van der Waals surface area contributed by atoms with E-state index < -0.39 is 55.0 Å². The van der Waals surface area contributed by atoms with Crippen molar-refractivity contribution in [2.75, 3.05) is 13.1 Å². The third-order valence-electron chi connectivity index (χ3n) is 6.33. The van der Waals surface area contributed by atoms with Gasteiger partial charge in [0.25, 0.3) is 0 Å². The quantitative estimate of drug-likeness (QED) is 0.111. The van der Waals surface area contributed by atoms with Gasteiger partial charge >= 0.3 is 24.1 Å². The second-order valence-corrected chi connectivity index (χ2v) is 10.6. The highest BCUT2D eigenvalue weighted by molar-refractivity contribution is 6.35. The van der Waals surface area contributed by atoms with Crippen LogP contribution >= 0.6 is 23.2 Å². The lowest BCUT2D eigenvalue weighted by molar-refractivity contribution is -0.202. The Labute approximate surface area is 272 Å². The van der Waals surface area contributed by atoms with Crippen LogP contribution in [-0.4, -0.2) is 49.0 Å². The summed E-state index contributed by atoms with van der Waals surface area (Å²) in [6.45, 7) is -0.199. The minimum absolute atomic E-state index is 0.0349. The van der Waals surface area contributed by atoms with Gasteiger partial charge in [0, 0.05) is 29.6 Å². The van der Waals surface area contributed by atoms with E-state index in [4.69, 9.17) is 23.2 Å². The number of carbonyl (C=O) groups is 5. The fourth-order valence-corrected chi connectivity index (χ4v) is 4.50. The molecule has 15 heteroatoms. The fraction of sp³-hybridized carbons (Fsp3) is 0.258. The lowest BCUT2D eigenvalue weighted by atomic mass is 9.99. The zero-order valence-electron chi connectivity index (χ0n) is 24.1.